The van der Waals surface area contributed by atoms with Crippen molar-refractivity contribution in [2.75, 3.05) is 5.32 Å². The van der Waals surface area contributed by atoms with Crippen molar-refractivity contribution in [1.29, 1.82) is 0 Å². The van der Waals surface area contributed by atoms with Gasteiger partial charge in [0.05, 0.1) is 5.69 Å². The molecule has 0 atom stereocenters. The molecule has 14 heavy (non-hydrogen) atoms. The second-order valence-corrected chi connectivity index (χ2v) is 2.74. The number of hydrogen-bond donors (Lipinski definition) is 2. The Morgan fingerprint density at radius 2 is 2.07 bits per heavy atom. The number of carbonyl (C=O) groups excluding carboxylic acids is 1. The zero-order chi connectivity index (χ0) is 10.7. The Kier molecular flexibility index (Phi) is 2.81. The summed E-state index contributed by atoms with van der Waals surface area (Å²) in [5, 5.41) is 10.2. The van der Waals surface area contributed by atoms with E-state index < -0.39 is 17.7 Å². The van der Waals surface area contributed by atoms with Crippen molar-refractivity contribution in [1.82, 2.24) is 0 Å². The first-order valence-corrected chi connectivity index (χ1v) is 3.81. The van der Waals surface area contributed by atoms with Crippen LogP contribution in [0.3, 0.4) is 0 Å². The Morgan fingerprint density at radius 3 is 2.64 bits per heavy atom. The Labute approximate surface area is 79.4 Å². The molecule has 0 bridgehead atoms. The van der Waals surface area contributed by atoms with Gasteiger partial charge in [-0.1, -0.05) is 6.07 Å². The first-order valence-electron chi connectivity index (χ1n) is 3.81. The number of benzene rings is 1. The number of carboxylic acids is 1. The fourth-order valence-corrected chi connectivity index (χ4v) is 0.911. The zero-order valence-corrected chi connectivity index (χ0v) is 7.37. The number of aliphatic carboxylic acids is 1. The van der Waals surface area contributed by atoms with Gasteiger partial charge in [0.2, 0.25) is 0 Å². The molecule has 0 saturated carbocycles. The van der Waals surface area contributed by atoms with Gasteiger partial charge in [-0.05, 0) is 24.6 Å². The maximum Gasteiger partial charge on any atom is 0.394 e. The maximum atomic E-state index is 13.0. The lowest BCUT2D eigenvalue weighted by Crippen LogP contribution is -2.22. The minimum atomic E-state index is -1.65. The van der Waals surface area contributed by atoms with Gasteiger partial charge in [0.25, 0.3) is 0 Å². The van der Waals surface area contributed by atoms with E-state index in [4.69, 9.17) is 5.11 Å². The monoisotopic (exact) mass is 197 g/mol. The van der Waals surface area contributed by atoms with Gasteiger partial charge < -0.3 is 10.4 Å². The van der Waals surface area contributed by atoms with E-state index in [2.05, 4.69) is 0 Å². The molecule has 1 amide bonds. The summed E-state index contributed by atoms with van der Waals surface area (Å²) in [4.78, 5) is 20.9. The summed E-state index contributed by atoms with van der Waals surface area (Å²) in [7, 11) is 0. The normalized spacial score (nSPS) is 9.57. The molecule has 0 aromatic heterocycles. The predicted octanol–water partition coefficient (Wildman–Crippen LogP) is 1.16. The highest BCUT2D eigenvalue weighted by Crippen LogP contribution is 2.15. The SMILES string of the molecule is Cc1ccc(F)c(NC(=O)C(=O)O)c1. The van der Waals surface area contributed by atoms with Crippen LogP contribution in [0.5, 0.6) is 0 Å². The minimum Gasteiger partial charge on any atom is -0.474 e. The van der Waals surface area contributed by atoms with E-state index in [0.29, 0.717) is 0 Å². The number of hydrogen-bond acceptors (Lipinski definition) is 2. The summed E-state index contributed by atoms with van der Waals surface area (Å²) in [6, 6.07) is 4.04. The van der Waals surface area contributed by atoms with Crippen LogP contribution >= 0.6 is 0 Å². The van der Waals surface area contributed by atoms with Crippen LogP contribution in [0.15, 0.2) is 18.2 Å². The lowest BCUT2D eigenvalue weighted by atomic mass is 10.2. The van der Waals surface area contributed by atoms with Crippen molar-refractivity contribution in [2.45, 2.75) is 6.92 Å². The van der Waals surface area contributed by atoms with Crippen molar-refractivity contribution in [3.63, 3.8) is 0 Å². The third kappa shape index (κ3) is 2.29. The molecule has 4 nitrogen and oxygen atoms in total. The third-order valence-corrected chi connectivity index (χ3v) is 1.56. The second-order valence-electron chi connectivity index (χ2n) is 2.74. The molecule has 0 aliphatic heterocycles. The smallest absolute Gasteiger partial charge is 0.394 e. The molecule has 2 N–H and O–H groups in total. The number of carboxylic acid groups (broad SMARTS) is 1. The topological polar surface area (TPSA) is 66.4 Å². The van der Waals surface area contributed by atoms with E-state index in [1.165, 1.54) is 12.1 Å². The molecule has 1 aromatic rings. The molecule has 1 rings (SSSR count). The molecule has 0 spiro atoms. The second kappa shape index (κ2) is 3.87. The van der Waals surface area contributed by atoms with Crippen LogP contribution in [0, 0.1) is 12.7 Å². The molecular formula is C9H8FNO3. The molecule has 74 valence electrons. The molecule has 0 unspecified atom stereocenters. The molecule has 5 heteroatoms. The molecule has 0 saturated heterocycles. The van der Waals surface area contributed by atoms with Gasteiger partial charge in [-0.3, -0.25) is 4.79 Å². The Balaban J connectivity index is 2.91. The number of halogens is 1. The predicted molar refractivity (Wildman–Crippen MR) is 47.4 cm³/mol. The Bertz CT molecular complexity index is 390. The van der Waals surface area contributed by atoms with Crippen molar-refractivity contribution < 1.29 is 19.1 Å². The van der Waals surface area contributed by atoms with E-state index in [1.54, 1.807) is 6.92 Å². The number of aryl methyl sites for hydroxylation is 1. The Morgan fingerprint density at radius 1 is 1.43 bits per heavy atom. The van der Waals surface area contributed by atoms with Gasteiger partial charge in [0.1, 0.15) is 5.82 Å². The fraction of sp³-hybridized carbons (Fsp3) is 0.111. The van der Waals surface area contributed by atoms with Crippen LogP contribution in [0.1, 0.15) is 5.56 Å². The third-order valence-electron chi connectivity index (χ3n) is 1.56. The van der Waals surface area contributed by atoms with Crippen LogP contribution in [0.2, 0.25) is 0 Å². The fourth-order valence-electron chi connectivity index (χ4n) is 0.911. The summed E-state index contributed by atoms with van der Waals surface area (Å²) in [6.07, 6.45) is 0. The quantitative estimate of drug-likeness (QED) is 0.664. The highest BCUT2D eigenvalue weighted by atomic mass is 19.1. The van der Waals surface area contributed by atoms with E-state index in [0.717, 1.165) is 11.6 Å². The summed E-state index contributed by atoms with van der Waals surface area (Å²) >= 11 is 0. The largest absolute Gasteiger partial charge is 0.474 e. The van der Waals surface area contributed by atoms with Crippen molar-refractivity contribution in [3.8, 4) is 0 Å². The standard InChI is InChI=1S/C9H8FNO3/c1-5-2-3-6(10)7(4-5)11-8(12)9(13)14/h2-4H,1H3,(H,11,12)(H,13,14). The van der Waals surface area contributed by atoms with Gasteiger partial charge in [0.15, 0.2) is 0 Å². The summed E-state index contributed by atoms with van der Waals surface area (Å²) in [5.74, 6) is -3.56. The lowest BCUT2D eigenvalue weighted by Gasteiger charge is -2.04. The molecule has 0 heterocycles. The van der Waals surface area contributed by atoms with Crippen LogP contribution in [-0.2, 0) is 9.59 Å². The number of rotatable bonds is 1. The van der Waals surface area contributed by atoms with Crippen LogP contribution < -0.4 is 5.32 Å². The molecule has 1 aromatic carbocycles. The van der Waals surface area contributed by atoms with Crippen molar-refractivity contribution >= 4 is 17.6 Å². The summed E-state index contributed by atoms with van der Waals surface area (Å²) < 4.78 is 13.0. The number of carbonyl (C=O) groups is 2. The van der Waals surface area contributed by atoms with E-state index >= 15 is 0 Å². The summed E-state index contributed by atoms with van der Waals surface area (Å²) in [5.41, 5.74) is 0.601. The highest BCUT2D eigenvalue weighted by Gasteiger charge is 2.13. The minimum absolute atomic E-state index is 0.127. The van der Waals surface area contributed by atoms with E-state index in [-0.39, 0.29) is 5.69 Å². The van der Waals surface area contributed by atoms with Gasteiger partial charge in [0, 0.05) is 0 Å². The van der Waals surface area contributed by atoms with E-state index in [9.17, 15) is 14.0 Å². The van der Waals surface area contributed by atoms with Gasteiger partial charge in [-0.15, -0.1) is 0 Å². The maximum absolute atomic E-state index is 13.0. The van der Waals surface area contributed by atoms with Crippen molar-refractivity contribution in [2.24, 2.45) is 0 Å². The number of anilines is 1. The number of nitrogens with one attached hydrogen (secondary N) is 1. The highest BCUT2D eigenvalue weighted by molar-refractivity contribution is 6.36. The molecule has 0 fully saturated rings. The lowest BCUT2D eigenvalue weighted by molar-refractivity contribution is -0.147. The Hall–Kier alpha value is -1.91. The van der Waals surface area contributed by atoms with Gasteiger partial charge >= 0.3 is 11.9 Å². The average molecular weight is 197 g/mol. The van der Waals surface area contributed by atoms with Crippen LogP contribution in [-0.4, -0.2) is 17.0 Å². The first-order chi connectivity index (χ1) is 6.50. The summed E-state index contributed by atoms with van der Waals surface area (Å²) in [6.45, 7) is 1.70. The van der Waals surface area contributed by atoms with Crippen molar-refractivity contribution in [3.05, 3.63) is 29.6 Å². The first kappa shape index (κ1) is 10.2. The molecule has 0 radical (unpaired) electrons. The van der Waals surface area contributed by atoms with Gasteiger partial charge in [-0.25, -0.2) is 9.18 Å². The van der Waals surface area contributed by atoms with Crippen LogP contribution in [0.25, 0.3) is 0 Å². The zero-order valence-electron chi connectivity index (χ0n) is 7.37. The van der Waals surface area contributed by atoms with Gasteiger partial charge in [-0.2, -0.15) is 0 Å². The van der Waals surface area contributed by atoms with Crippen LogP contribution in [0.4, 0.5) is 10.1 Å². The molecular weight excluding hydrogens is 189 g/mol. The molecule has 0 aliphatic carbocycles. The average Bonchev–Trinajstić information content (AvgIpc) is 2.11. The van der Waals surface area contributed by atoms with E-state index in [1.807, 2.05) is 5.32 Å². The molecule has 0 aliphatic rings. The number of amides is 1.